The van der Waals surface area contributed by atoms with Gasteiger partial charge in [-0.25, -0.2) is 24.9 Å². The lowest BCUT2D eigenvalue weighted by Gasteiger charge is -2.41. The van der Waals surface area contributed by atoms with Crippen molar-refractivity contribution in [1.82, 2.24) is 29.8 Å². The maximum atomic E-state index is 13.4. The third-order valence-electron chi connectivity index (χ3n) is 6.85. The molecule has 2 aliphatic heterocycles. The Morgan fingerprint density at radius 2 is 1.77 bits per heavy atom. The van der Waals surface area contributed by atoms with E-state index in [-0.39, 0.29) is 23.9 Å². The van der Waals surface area contributed by atoms with E-state index < -0.39 is 11.7 Å². The van der Waals surface area contributed by atoms with Crippen LogP contribution in [0.2, 0.25) is 0 Å². The summed E-state index contributed by atoms with van der Waals surface area (Å²) >= 11 is 1.40. The number of hydrogen-bond donors (Lipinski definition) is 1. The van der Waals surface area contributed by atoms with Gasteiger partial charge in [-0.2, -0.15) is 13.2 Å². The fourth-order valence-electron chi connectivity index (χ4n) is 5.09. The van der Waals surface area contributed by atoms with Crippen LogP contribution in [0.3, 0.4) is 0 Å². The molecule has 0 aromatic carbocycles. The zero-order valence-corrected chi connectivity index (χ0v) is 21.8. The van der Waals surface area contributed by atoms with E-state index in [1.165, 1.54) is 17.5 Å². The summed E-state index contributed by atoms with van der Waals surface area (Å²) in [6.07, 6.45) is 0.251. The number of hydrogen-bond acceptors (Lipinski definition) is 10. The molecule has 6 heterocycles. The molecule has 0 aliphatic carbocycles. The highest BCUT2D eigenvalue weighted by Crippen LogP contribution is 2.34. The molecule has 0 saturated carbocycles. The fraction of sp³-hybridized carbons (Fsp3) is 0.360. The lowest BCUT2D eigenvalue weighted by atomic mass is 10.1. The summed E-state index contributed by atoms with van der Waals surface area (Å²) in [6, 6.07) is 3.28. The smallest absolute Gasteiger partial charge is 0.419 e. The number of piperazine rings is 1. The van der Waals surface area contributed by atoms with E-state index in [1.807, 2.05) is 22.1 Å². The van der Waals surface area contributed by atoms with E-state index in [4.69, 9.17) is 4.42 Å². The molecular formula is C25H23F3N8O2S. The molecule has 4 aromatic rings. The summed E-state index contributed by atoms with van der Waals surface area (Å²) in [4.78, 5) is 38.2. The molecule has 39 heavy (non-hydrogen) atoms. The Hall–Kier alpha value is -4.07. The average Bonchev–Trinajstić information content (AvgIpc) is 3.58. The number of aromatic nitrogens is 5. The van der Waals surface area contributed by atoms with Gasteiger partial charge >= 0.3 is 6.18 Å². The Morgan fingerprint density at radius 1 is 1.05 bits per heavy atom. The van der Waals surface area contributed by atoms with Crippen LogP contribution in [-0.4, -0.2) is 60.9 Å². The SMILES string of the molecule is Cc1nc(C)c(-c2csc(Nc3ccc(C(=O)N4C5CC[C@H]4CN(c4ncc(C(F)(F)F)cn4)C5)cn3)n2)o1. The van der Waals surface area contributed by atoms with E-state index in [1.54, 1.807) is 19.1 Å². The van der Waals surface area contributed by atoms with Crippen molar-refractivity contribution in [3.8, 4) is 11.5 Å². The molecule has 0 spiro atoms. The summed E-state index contributed by atoms with van der Waals surface area (Å²) in [6.45, 7) is 4.56. The van der Waals surface area contributed by atoms with Crippen LogP contribution < -0.4 is 10.2 Å². The molecule has 1 amide bonds. The monoisotopic (exact) mass is 556 g/mol. The van der Waals surface area contributed by atoms with Crippen LogP contribution in [-0.2, 0) is 6.18 Å². The summed E-state index contributed by atoms with van der Waals surface area (Å²) < 4.78 is 44.2. The molecule has 14 heteroatoms. The number of carbonyl (C=O) groups is 1. The number of aryl methyl sites for hydroxylation is 2. The number of oxazole rings is 1. The van der Waals surface area contributed by atoms with Gasteiger partial charge in [0.2, 0.25) is 5.95 Å². The molecule has 2 aliphatic rings. The quantitative estimate of drug-likeness (QED) is 0.368. The first kappa shape index (κ1) is 25.2. The van der Waals surface area contributed by atoms with Gasteiger partial charge in [-0.15, -0.1) is 11.3 Å². The van der Waals surface area contributed by atoms with E-state index in [2.05, 4.69) is 30.2 Å². The number of amides is 1. The van der Waals surface area contributed by atoms with Gasteiger partial charge in [0.05, 0.1) is 28.9 Å². The molecular weight excluding hydrogens is 533 g/mol. The van der Waals surface area contributed by atoms with Gasteiger partial charge in [-0.05, 0) is 31.9 Å². The van der Waals surface area contributed by atoms with Crippen LogP contribution in [0.1, 0.15) is 40.3 Å². The number of carbonyl (C=O) groups excluding carboxylic acids is 1. The number of anilines is 3. The molecule has 202 valence electrons. The van der Waals surface area contributed by atoms with Gasteiger partial charge in [-0.3, -0.25) is 4.79 Å². The predicted octanol–water partition coefficient (Wildman–Crippen LogP) is 4.86. The first-order chi connectivity index (χ1) is 18.7. The van der Waals surface area contributed by atoms with Gasteiger partial charge in [-0.1, -0.05) is 0 Å². The van der Waals surface area contributed by atoms with Crippen molar-refractivity contribution < 1.29 is 22.4 Å². The summed E-state index contributed by atoms with van der Waals surface area (Å²) in [7, 11) is 0. The van der Waals surface area contributed by atoms with E-state index >= 15 is 0 Å². The van der Waals surface area contributed by atoms with Crippen molar-refractivity contribution in [3.63, 3.8) is 0 Å². The Bertz CT molecular complexity index is 1490. The number of rotatable bonds is 5. The van der Waals surface area contributed by atoms with E-state index in [9.17, 15) is 18.0 Å². The molecule has 10 nitrogen and oxygen atoms in total. The number of alkyl halides is 3. The highest BCUT2D eigenvalue weighted by Gasteiger charge is 2.43. The highest BCUT2D eigenvalue weighted by atomic mass is 32.1. The topological polar surface area (TPSA) is 113 Å². The highest BCUT2D eigenvalue weighted by molar-refractivity contribution is 7.14. The summed E-state index contributed by atoms with van der Waals surface area (Å²) in [5.74, 6) is 1.87. The Labute approximate surface area is 225 Å². The lowest BCUT2D eigenvalue weighted by molar-refractivity contribution is -0.138. The number of nitrogens with zero attached hydrogens (tertiary/aromatic N) is 7. The van der Waals surface area contributed by atoms with Crippen molar-refractivity contribution in [2.45, 2.75) is 44.9 Å². The Morgan fingerprint density at radius 3 is 2.36 bits per heavy atom. The largest absolute Gasteiger partial charge is 0.439 e. The maximum absolute atomic E-state index is 13.4. The van der Waals surface area contributed by atoms with E-state index in [0.717, 1.165) is 30.9 Å². The molecule has 6 rings (SSSR count). The summed E-state index contributed by atoms with van der Waals surface area (Å²) in [5, 5.41) is 5.65. The molecule has 2 bridgehead atoms. The lowest BCUT2D eigenvalue weighted by Crippen LogP contribution is -2.56. The van der Waals surface area contributed by atoms with Crippen LogP contribution in [0.25, 0.3) is 11.5 Å². The Kier molecular flexibility index (Phi) is 6.20. The average molecular weight is 557 g/mol. The normalized spacial score (nSPS) is 19.0. The van der Waals surface area contributed by atoms with Crippen molar-refractivity contribution >= 4 is 34.1 Å². The summed E-state index contributed by atoms with van der Waals surface area (Å²) in [5.41, 5.74) is 1.03. The third-order valence-corrected chi connectivity index (χ3v) is 7.61. The number of halogens is 3. The molecule has 2 fully saturated rings. The van der Waals surface area contributed by atoms with Gasteiger partial charge < -0.3 is 19.5 Å². The van der Waals surface area contributed by atoms with Gasteiger partial charge in [0.15, 0.2) is 16.8 Å². The number of fused-ring (bicyclic) bond motifs is 2. The minimum Gasteiger partial charge on any atom is -0.439 e. The van der Waals surface area contributed by atoms with Gasteiger partial charge in [0.25, 0.3) is 5.91 Å². The minimum absolute atomic E-state index is 0.0862. The molecule has 2 saturated heterocycles. The molecule has 2 atom stereocenters. The fourth-order valence-corrected chi connectivity index (χ4v) is 5.78. The maximum Gasteiger partial charge on any atom is 0.419 e. The van der Waals surface area contributed by atoms with Crippen molar-refractivity contribution in [1.29, 1.82) is 0 Å². The molecule has 1 N–H and O–H groups in total. The second kappa shape index (κ2) is 9.59. The van der Waals surface area contributed by atoms with Crippen LogP contribution in [0.5, 0.6) is 0 Å². The predicted molar refractivity (Wildman–Crippen MR) is 137 cm³/mol. The van der Waals surface area contributed by atoms with Crippen LogP contribution in [0.15, 0.2) is 40.5 Å². The Balaban J connectivity index is 1.11. The number of thiazole rings is 1. The number of pyridine rings is 1. The van der Waals surface area contributed by atoms with E-state index in [0.29, 0.717) is 46.9 Å². The molecule has 4 aromatic heterocycles. The van der Waals surface area contributed by atoms with Gasteiger partial charge in [0.1, 0.15) is 11.5 Å². The first-order valence-electron chi connectivity index (χ1n) is 12.3. The second-order valence-electron chi connectivity index (χ2n) is 9.51. The van der Waals surface area contributed by atoms with Crippen LogP contribution in [0.4, 0.5) is 30.1 Å². The minimum atomic E-state index is -4.49. The molecule has 0 radical (unpaired) electrons. The van der Waals surface area contributed by atoms with Crippen molar-refractivity contribution in [2.75, 3.05) is 23.3 Å². The molecule has 1 unspecified atom stereocenters. The van der Waals surface area contributed by atoms with Crippen LogP contribution >= 0.6 is 11.3 Å². The van der Waals surface area contributed by atoms with Crippen molar-refractivity contribution in [3.05, 3.63) is 58.8 Å². The zero-order chi connectivity index (χ0) is 27.3. The van der Waals surface area contributed by atoms with Crippen LogP contribution in [0, 0.1) is 13.8 Å². The van der Waals surface area contributed by atoms with Gasteiger partial charge in [0, 0.05) is 44.0 Å². The third kappa shape index (κ3) is 4.91. The number of nitrogens with one attached hydrogen (secondary N) is 1. The van der Waals surface area contributed by atoms with Crippen molar-refractivity contribution in [2.24, 2.45) is 0 Å². The zero-order valence-electron chi connectivity index (χ0n) is 20.9. The second-order valence-corrected chi connectivity index (χ2v) is 10.4. The standard InChI is InChI=1S/C25H23F3N8O2S/c1-13-21(38-14(2)32-13)19-12-39-24(33-19)34-20-6-3-15(7-29-20)22(37)36-17-4-5-18(36)11-35(10-17)23-30-8-16(9-31-23)25(26,27)28/h3,6-9,12,17-18H,4-5,10-11H2,1-2H3,(H,29,33,34)/t17-,18?/m0/s1. The first-order valence-corrected chi connectivity index (χ1v) is 13.1.